The van der Waals surface area contributed by atoms with Crippen LogP contribution in [0.3, 0.4) is 0 Å². The van der Waals surface area contributed by atoms with Crippen molar-refractivity contribution in [3.63, 3.8) is 0 Å². The normalized spacial score (nSPS) is 18.7. The van der Waals surface area contributed by atoms with Crippen molar-refractivity contribution in [2.24, 2.45) is 11.8 Å². The van der Waals surface area contributed by atoms with Gasteiger partial charge < -0.3 is 9.08 Å². The third kappa shape index (κ3) is 5.58. The fraction of sp³-hybridized carbons (Fsp3) is 0.409. The molecule has 6 heteroatoms. The van der Waals surface area contributed by atoms with Crippen LogP contribution in [0.25, 0.3) is 0 Å². The Morgan fingerprint density at radius 2 is 1.86 bits per heavy atom. The summed E-state index contributed by atoms with van der Waals surface area (Å²) in [6.07, 6.45) is 1.90. The molecular formula is C22H27NO4S. The van der Waals surface area contributed by atoms with Gasteiger partial charge in [0.2, 0.25) is 5.91 Å². The van der Waals surface area contributed by atoms with Crippen LogP contribution < -0.4 is 4.18 Å². The van der Waals surface area contributed by atoms with Crippen molar-refractivity contribution in [1.29, 1.82) is 0 Å². The molecular weight excluding hydrogens is 374 g/mol. The molecule has 1 aliphatic carbocycles. The smallest absolute Gasteiger partial charge is 0.306 e. The largest absolute Gasteiger partial charge is 0.383 e. The summed E-state index contributed by atoms with van der Waals surface area (Å²) in [6.45, 7) is 5.28. The van der Waals surface area contributed by atoms with Gasteiger partial charge in [-0.1, -0.05) is 56.3 Å². The molecule has 0 bridgehead atoms. The molecule has 1 fully saturated rings. The molecule has 150 valence electrons. The summed E-state index contributed by atoms with van der Waals surface area (Å²) in [6, 6.07) is 17.1. The molecule has 3 rings (SSSR count). The van der Waals surface area contributed by atoms with Gasteiger partial charge in [-0.25, -0.2) is 0 Å². The van der Waals surface area contributed by atoms with Gasteiger partial charge in [0.1, 0.15) is 5.75 Å². The van der Waals surface area contributed by atoms with Crippen molar-refractivity contribution in [2.75, 3.05) is 12.8 Å². The monoisotopic (exact) mass is 401 g/mol. The number of carbonyl (C=O) groups is 1. The van der Waals surface area contributed by atoms with E-state index in [2.05, 4.69) is 26.0 Å². The first-order valence-corrected chi connectivity index (χ1v) is 11.4. The highest BCUT2D eigenvalue weighted by Crippen LogP contribution is 2.48. The van der Waals surface area contributed by atoms with E-state index >= 15 is 0 Å². The highest BCUT2D eigenvalue weighted by Gasteiger charge is 2.45. The molecule has 0 heterocycles. The summed E-state index contributed by atoms with van der Waals surface area (Å²) >= 11 is 0. The van der Waals surface area contributed by atoms with E-state index in [1.807, 2.05) is 29.2 Å². The first kappa shape index (κ1) is 20.4. The minimum absolute atomic E-state index is 0.0246. The maximum atomic E-state index is 13.1. The standard InChI is InChI=1S/C22H27NO4S/c1-16(2)14-23(15-17-8-7-11-19(12-17)27-28(3,25)26)22(24)21-13-20(21)18-9-5-4-6-10-18/h4-12,16,20-21H,13-15H2,1-3H3/t20-,21+/m0/s1. The van der Waals surface area contributed by atoms with Gasteiger partial charge in [-0.05, 0) is 41.5 Å². The Morgan fingerprint density at radius 3 is 2.50 bits per heavy atom. The van der Waals surface area contributed by atoms with Crippen LogP contribution in [0.1, 0.15) is 37.3 Å². The van der Waals surface area contributed by atoms with Crippen LogP contribution in [-0.2, 0) is 21.5 Å². The fourth-order valence-electron chi connectivity index (χ4n) is 3.54. The van der Waals surface area contributed by atoms with E-state index < -0.39 is 10.1 Å². The van der Waals surface area contributed by atoms with Crippen LogP contribution in [0.5, 0.6) is 5.75 Å². The number of rotatable bonds is 8. The van der Waals surface area contributed by atoms with Crippen molar-refractivity contribution in [3.05, 3.63) is 65.7 Å². The van der Waals surface area contributed by atoms with Crippen LogP contribution >= 0.6 is 0 Å². The third-order valence-corrected chi connectivity index (χ3v) is 5.25. The van der Waals surface area contributed by atoms with Crippen LogP contribution in [0, 0.1) is 11.8 Å². The zero-order chi connectivity index (χ0) is 20.3. The van der Waals surface area contributed by atoms with Gasteiger partial charge in [-0.2, -0.15) is 8.42 Å². The maximum Gasteiger partial charge on any atom is 0.306 e. The Hall–Kier alpha value is -2.34. The van der Waals surface area contributed by atoms with E-state index in [0.29, 0.717) is 24.9 Å². The summed E-state index contributed by atoms with van der Waals surface area (Å²) in [5.74, 6) is 1.09. The number of amides is 1. The van der Waals surface area contributed by atoms with E-state index in [1.165, 1.54) is 5.56 Å². The molecule has 1 aliphatic rings. The zero-order valence-corrected chi connectivity index (χ0v) is 17.4. The van der Waals surface area contributed by atoms with Gasteiger partial charge in [-0.15, -0.1) is 0 Å². The van der Waals surface area contributed by atoms with E-state index in [0.717, 1.165) is 18.2 Å². The van der Waals surface area contributed by atoms with Crippen LogP contribution in [0.4, 0.5) is 0 Å². The van der Waals surface area contributed by atoms with E-state index in [4.69, 9.17) is 4.18 Å². The first-order chi connectivity index (χ1) is 13.2. The molecule has 0 aliphatic heterocycles. The molecule has 0 radical (unpaired) electrons. The van der Waals surface area contributed by atoms with E-state index in [1.54, 1.807) is 18.2 Å². The van der Waals surface area contributed by atoms with E-state index in [-0.39, 0.29) is 17.6 Å². The van der Waals surface area contributed by atoms with Gasteiger partial charge in [0.05, 0.1) is 6.26 Å². The number of nitrogens with zero attached hydrogens (tertiary/aromatic N) is 1. The second kappa shape index (κ2) is 8.35. The first-order valence-electron chi connectivity index (χ1n) is 9.55. The lowest BCUT2D eigenvalue weighted by molar-refractivity contribution is -0.133. The van der Waals surface area contributed by atoms with Gasteiger partial charge >= 0.3 is 10.1 Å². The van der Waals surface area contributed by atoms with Crippen LogP contribution in [0.2, 0.25) is 0 Å². The molecule has 0 aromatic heterocycles. The van der Waals surface area contributed by atoms with Crippen molar-refractivity contribution < 1.29 is 17.4 Å². The highest BCUT2D eigenvalue weighted by atomic mass is 32.2. The Morgan fingerprint density at radius 1 is 1.14 bits per heavy atom. The Balaban J connectivity index is 1.72. The average molecular weight is 402 g/mol. The van der Waals surface area contributed by atoms with Crippen LogP contribution in [-0.4, -0.2) is 32.0 Å². The summed E-state index contributed by atoms with van der Waals surface area (Å²) in [5.41, 5.74) is 2.07. The molecule has 0 spiro atoms. The van der Waals surface area contributed by atoms with Gasteiger partial charge in [0.25, 0.3) is 0 Å². The molecule has 1 amide bonds. The maximum absolute atomic E-state index is 13.1. The number of hydrogen-bond donors (Lipinski definition) is 0. The Kier molecular flexibility index (Phi) is 6.08. The minimum atomic E-state index is -3.58. The van der Waals surface area contributed by atoms with E-state index in [9.17, 15) is 13.2 Å². The van der Waals surface area contributed by atoms with Gasteiger partial charge in [-0.3, -0.25) is 4.79 Å². The van der Waals surface area contributed by atoms with Crippen molar-refractivity contribution in [1.82, 2.24) is 4.90 Å². The quantitative estimate of drug-likeness (QED) is 0.631. The van der Waals surface area contributed by atoms with Gasteiger partial charge in [0.15, 0.2) is 0 Å². The second-order valence-corrected chi connectivity index (χ2v) is 9.48. The minimum Gasteiger partial charge on any atom is -0.383 e. The molecule has 2 aromatic carbocycles. The molecule has 2 atom stereocenters. The number of benzene rings is 2. The topological polar surface area (TPSA) is 63.7 Å². The van der Waals surface area contributed by atoms with Gasteiger partial charge in [0, 0.05) is 19.0 Å². The number of carbonyl (C=O) groups excluding carboxylic acids is 1. The summed E-state index contributed by atoms with van der Waals surface area (Å²) in [4.78, 5) is 15.0. The Labute approximate surface area is 167 Å². The second-order valence-electron chi connectivity index (χ2n) is 7.91. The lowest BCUT2D eigenvalue weighted by atomic mass is 10.1. The van der Waals surface area contributed by atoms with Crippen molar-refractivity contribution in [2.45, 2.75) is 32.7 Å². The molecule has 0 N–H and O–H groups in total. The molecule has 1 saturated carbocycles. The molecule has 28 heavy (non-hydrogen) atoms. The molecule has 5 nitrogen and oxygen atoms in total. The predicted molar refractivity (Wildman–Crippen MR) is 109 cm³/mol. The Bertz CT molecular complexity index is 925. The summed E-state index contributed by atoms with van der Waals surface area (Å²) < 4.78 is 27.7. The molecule has 0 saturated heterocycles. The summed E-state index contributed by atoms with van der Waals surface area (Å²) in [5, 5.41) is 0. The zero-order valence-electron chi connectivity index (χ0n) is 16.5. The fourth-order valence-corrected chi connectivity index (χ4v) is 3.99. The number of hydrogen-bond acceptors (Lipinski definition) is 4. The predicted octanol–water partition coefficient (Wildman–Crippen LogP) is 3.81. The molecule has 0 unspecified atom stereocenters. The molecule has 2 aromatic rings. The summed E-state index contributed by atoms with van der Waals surface area (Å²) in [7, 11) is -3.58. The van der Waals surface area contributed by atoms with Crippen molar-refractivity contribution >= 4 is 16.0 Å². The van der Waals surface area contributed by atoms with Crippen molar-refractivity contribution in [3.8, 4) is 5.75 Å². The lowest BCUT2D eigenvalue weighted by Gasteiger charge is -2.25. The third-order valence-electron chi connectivity index (χ3n) is 4.75. The highest BCUT2D eigenvalue weighted by molar-refractivity contribution is 7.86. The lowest BCUT2D eigenvalue weighted by Crippen LogP contribution is -2.35. The average Bonchev–Trinajstić information content (AvgIpc) is 3.40. The SMILES string of the molecule is CC(C)CN(Cc1cccc(OS(C)(=O)=O)c1)C(=O)[C@@H]1C[C@H]1c1ccccc1. The van der Waals surface area contributed by atoms with Crippen LogP contribution in [0.15, 0.2) is 54.6 Å².